The number of hydrogen-bond donors (Lipinski definition) is 1. The first-order valence-corrected chi connectivity index (χ1v) is 9.85. The normalized spacial score (nSPS) is 13.6. The van der Waals surface area contributed by atoms with Crippen molar-refractivity contribution in [1.82, 2.24) is 19.8 Å². The minimum atomic E-state index is -0.347. The number of pyridine rings is 1. The number of amides is 2. The van der Waals surface area contributed by atoms with E-state index in [1.165, 1.54) is 15.9 Å². The highest BCUT2D eigenvalue weighted by molar-refractivity contribution is 7.09. The lowest BCUT2D eigenvalue weighted by Crippen LogP contribution is -2.42. The molecule has 2 aromatic rings. The van der Waals surface area contributed by atoms with Crippen molar-refractivity contribution in [1.29, 1.82) is 0 Å². The molecule has 7 nitrogen and oxygen atoms in total. The first-order valence-electron chi connectivity index (χ1n) is 8.97. The minimum absolute atomic E-state index is 0.00739. The van der Waals surface area contributed by atoms with Gasteiger partial charge in [0.05, 0.1) is 17.1 Å². The predicted octanol–water partition coefficient (Wildman–Crippen LogP) is 1.42. The van der Waals surface area contributed by atoms with E-state index in [0.717, 1.165) is 21.8 Å². The lowest BCUT2D eigenvalue weighted by atomic mass is 9.95. The van der Waals surface area contributed by atoms with Gasteiger partial charge < -0.3 is 14.8 Å². The van der Waals surface area contributed by atoms with Crippen LogP contribution in [0, 0.1) is 6.92 Å². The molecular formula is C19H24N4O3S. The van der Waals surface area contributed by atoms with Crippen LogP contribution in [0.2, 0.25) is 0 Å². The highest BCUT2D eigenvalue weighted by atomic mass is 32.1. The zero-order valence-corrected chi connectivity index (χ0v) is 16.9. The second-order valence-corrected chi connectivity index (χ2v) is 8.21. The second-order valence-electron chi connectivity index (χ2n) is 7.15. The summed E-state index contributed by atoms with van der Waals surface area (Å²) in [6, 6.07) is -0.0544. The van der Waals surface area contributed by atoms with Crippen molar-refractivity contribution in [2.75, 3.05) is 6.54 Å². The summed E-state index contributed by atoms with van der Waals surface area (Å²) >= 11 is 1.53. The maximum atomic E-state index is 12.6. The van der Waals surface area contributed by atoms with E-state index in [1.807, 2.05) is 26.2 Å². The molecule has 0 saturated heterocycles. The zero-order chi connectivity index (χ0) is 19.7. The number of hydrogen-bond acceptors (Lipinski definition) is 5. The van der Waals surface area contributed by atoms with Crippen molar-refractivity contribution < 1.29 is 9.59 Å². The summed E-state index contributed by atoms with van der Waals surface area (Å²) in [6.07, 6.45) is 2.50. The van der Waals surface area contributed by atoms with E-state index in [9.17, 15) is 14.4 Å². The minimum Gasteiger partial charge on any atom is -0.350 e. The Morgan fingerprint density at radius 3 is 2.74 bits per heavy atom. The van der Waals surface area contributed by atoms with Crippen LogP contribution in [0.15, 0.2) is 16.4 Å². The first kappa shape index (κ1) is 19.3. The average Bonchev–Trinajstić information content (AvgIpc) is 2.99. The second kappa shape index (κ2) is 7.64. The zero-order valence-electron chi connectivity index (χ0n) is 16.0. The van der Waals surface area contributed by atoms with Gasteiger partial charge in [-0.25, -0.2) is 4.98 Å². The maximum absolute atomic E-state index is 12.6. The van der Waals surface area contributed by atoms with Crippen molar-refractivity contribution in [3.8, 4) is 0 Å². The van der Waals surface area contributed by atoms with E-state index in [4.69, 9.17) is 0 Å². The first-order chi connectivity index (χ1) is 12.8. The fraction of sp³-hybridized carbons (Fsp3) is 0.474. The molecule has 0 spiro atoms. The van der Waals surface area contributed by atoms with E-state index < -0.39 is 0 Å². The van der Waals surface area contributed by atoms with E-state index in [0.29, 0.717) is 19.5 Å². The van der Waals surface area contributed by atoms with Crippen LogP contribution in [0.3, 0.4) is 0 Å². The van der Waals surface area contributed by atoms with E-state index in [-0.39, 0.29) is 35.4 Å². The number of thiazole rings is 1. The van der Waals surface area contributed by atoms with Crippen molar-refractivity contribution >= 4 is 23.2 Å². The van der Waals surface area contributed by atoms with Crippen LogP contribution < -0.4 is 10.9 Å². The third kappa shape index (κ3) is 4.10. The topological polar surface area (TPSA) is 84.3 Å². The molecule has 8 heteroatoms. The smallest absolute Gasteiger partial charge is 0.263 e. The van der Waals surface area contributed by atoms with Gasteiger partial charge in [0.2, 0.25) is 5.91 Å². The molecule has 1 aliphatic rings. The Morgan fingerprint density at radius 2 is 2.11 bits per heavy atom. The Bertz CT molecular complexity index is 945. The van der Waals surface area contributed by atoms with Crippen LogP contribution in [-0.2, 0) is 31.2 Å². The number of carbonyl (C=O) groups is 2. The molecule has 2 amide bonds. The fourth-order valence-electron chi connectivity index (χ4n) is 3.33. The van der Waals surface area contributed by atoms with Gasteiger partial charge in [0, 0.05) is 37.8 Å². The van der Waals surface area contributed by atoms with Crippen LogP contribution in [0.25, 0.3) is 0 Å². The van der Waals surface area contributed by atoms with Crippen molar-refractivity contribution in [3.05, 3.63) is 49.3 Å². The predicted molar refractivity (Wildman–Crippen MR) is 104 cm³/mol. The van der Waals surface area contributed by atoms with E-state index in [2.05, 4.69) is 10.3 Å². The third-order valence-electron chi connectivity index (χ3n) is 4.56. The van der Waals surface area contributed by atoms with E-state index in [1.54, 1.807) is 18.1 Å². The van der Waals surface area contributed by atoms with Gasteiger partial charge in [0.25, 0.3) is 11.5 Å². The molecule has 0 fully saturated rings. The molecule has 1 N–H and O–H groups in total. The molecule has 2 aromatic heterocycles. The van der Waals surface area contributed by atoms with Gasteiger partial charge in [-0.1, -0.05) is 0 Å². The number of carbonyl (C=O) groups excluding carboxylic acids is 2. The largest absolute Gasteiger partial charge is 0.350 e. The molecule has 0 unspecified atom stereocenters. The molecule has 0 saturated carbocycles. The Balaban J connectivity index is 1.85. The Hall–Kier alpha value is -2.48. The standard InChI is InChI=1S/C19H24N4O3S/c1-11(2)20-18(25)17-15-5-6-23(9-13(15)8-22(4)19(17)26)16(24)7-14-10-27-12(3)21-14/h8,10-11H,5-7,9H2,1-4H3,(H,20,25). The van der Waals surface area contributed by atoms with Gasteiger partial charge in [-0.05, 0) is 38.3 Å². The van der Waals surface area contributed by atoms with Gasteiger partial charge >= 0.3 is 0 Å². The van der Waals surface area contributed by atoms with Crippen molar-refractivity contribution in [2.24, 2.45) is 7.05 Å². The molecule has 0 bridgehead atoms. The molecule has 3 heterocycles. The lowest BCUT2D eigenvalue weighted by molar-refractivity contribution is -0.131. The van der Waals surface area contributed by atoms with Crippen LogP contribution in [0.4, 0.5) is 0 Å². The number of rotatable bonds is 4. The summed E-state index contributed by atoms with van der Waals surface area (Å²) in [7, 11) is 1.63. The molecule has 1 aliphatic heterocycles. The monoisotopic (exact) mass is 388 g/mol. The molecule has 144 valence electrons. The summed E-state index contributed by atoms with van der Waals surface area (Å²) in [4.78, 5) is 43.9. The fourth-order valence-corrected chi connectivity index (χ4v) is 3.94. The summed E-state index contributed by atoms with van der Waals surface area (Å²) < 4.78 is 1.42. The molecule has 3 rings (SSSR count). The number of nitrogens with zero attached hydrogens (tertiary/aromatic N) is 3. The quantitative estimate of drug-likeness (QED) is 0.858. The van der Waals surface area contributed by atoms with Crippen molar-refractivity contribution in [2.45, 2.75) is 46.2 Å². The van der Waals surface area contributed by atoms with Crippen LogP contribution in [0.1, 0.15) is 46.0 Å². The molecule has 27 heavy (non-hydrogen) atoms. The molecule has 0 atom stereocenters. The number of aromatic nitrogens is 2. The highest BCUT2D eigenvalue weighted by Crippen LogP contribution is 2.21. The van der Waals surface area contributed by atoms with Gasteiger partial charge in [-0.2, -0.15) is 0 Å². The van der Waals surface area contributed by atoms with Crippen LogP contribution >= 0.6 is 11.3 Å². The Kier molecular flexibility index (Phi) is 5.46. The summed E-state index contributed by atoms with van der Waals surface area (Å²) in [5.74, 6) is -0.340. The van der Waals surface area contributed by atoms with Crippen LogP contribution in [-0.4, -0.2) is 38.9 Å². The Labute approximate surface area is 162 Å². The lowest BCUT2D eigenvalue weighted by Gasteiger charge is -2.30. The SMILES string of the molecule is Cc1nc(CC(=O)N2CCc3c(cn(C)c(=O)c3C(=O)NC(C)C)C2)cs1. The van der Waals surface area contributed by atoms with Gasteiger partial charge in [0.1, 0.15) is 5.56 Å². The number of nitrogens with one attached hydrogen (secondary N) is 1. The maximum Gasteiger partial charge on any atom is 0.263 e. The number of fused-ring (bicyclic) bond motifs is 1. The summed E-state index contributed by atoms with van der Waals surface area (Å²) in [6.45, 7) is 6.52. The summed E-state index contributed by atoms with van der Waals surface area (Å²) in [5, 5.41) is 5.65. The third-order valence-corrected chi connectivity index (χ3v) is 5.39. The van der Waals surface area contributed by atoms with E-state index >= 15 is 0 Å². The average molecular weight is 388 g/mol. The van der Waals surface area contributed by atoms with Gasteiger partial charge in [0.15, 0.2) is 0 Å². The van der Waals surface area contributed by atoms with Gasteiger partial charge in [-0.15, -0.1) is 11.3 Å². The molecule has 0 aliphatic carbocycles. The summed E-state index contributed by atoms with van der Waals surface area (Å²) in [5.41, 5.74) is 2.28. The van der Waals surface area contributed by atoms with Gasteiger partial charge in [-0.3, -0.25) is 14.4 Å². The Morgan fingerprint density at radius 1 is 1.37 bits per heavy atom. The van der Waals surface area contributed by atoms with Crippen molar-refractivity contribution in [3.63, 3.8) is 0 Å². The molecule has 0 radical (unpaired) electrons. The molecule has 0 aromatic carbocycles. The highest BCUT2D eigenvalue weighted by Gasteiger charge is 2.28. The number of aryl methyl sites for hydroxylation is 2. The molecular weight excluding hydrogens is 364 g/mol. The van der Waals surface area contributed by atoms with Crippen LogP contribution in [0.5, 0.6) is 0 Å².